The van der Waals surface area contributed by atoms with Crippen molar-refractivity contribution in [2.45, 2.75) is 9.92 Å². The van der Waals surface area contributed by atoms with E-state index < -0.39 is 0 Å². The SMILES string of the molecule is O=C(Nc1ccccc1Sc1ncnc2scc(-c3ccccc3)c12)c1ccco1. The van der Waals surface area contributed by atoms with E-state index in [2.05, 4.69) is 32.8 Å². The number of nitrogens with one attached hydrogen (secondary N) is 1. The third kappa shape index (κ3) is 3.60. The second-order valence-electron chi connectivity index (χ2n) is 6.40. The standard InChI is InChI=1S/C23H15N3O2S2/c27-21(18-10-6-12-28-18)26-17-9-4-5-11-19(17)30-23-20-16(15-7-2-1-3-8-15)13-29-22(20)24-14-25-23/h1-14H,(H,26,27). The number of thiophene rings is 1. The summed E-state index contributed by atoms with van der Waals surface area (Å²) in [5.41, 5.74) is 2.93. The number of rotatable bonds is 5. The fraction of sp³-hybridized carbons (Fsp3) is 0. The molecule has 5 rings (SSSR count). The fourth-order valence-corrected chi connectivity index (χ4v) is 5.08. The molecule has 0 saturated carbocycles. The minimum absolute atomic E-state index is 0.267. The average Bonchev–Trinajstić information content (AvgIpc) is 3.47. The van der Waals surface area contributed by atoms with E-state index in [1.165, 1.54) is 18.0 Å². The molecule has 30 heavy (non-hydrogen) atoms. The van der Waals surface area contributed by atoms with Crippen LogP contribution in [0.2, 0.25) is 0 Å². The third-order valence-electron chi connectivity index (χ3n) is 4.51. The van der Waals surface area contributed by atoms with E-state index >= 15 is 0 Å². The van der Waals surface area contributed by atoms with Gasteiger partial charge in [0.2, 0.25) is 0 Å². The van der Waals surface area contributed by atoms with Crippen molar-refractivity contribution in [3.05, 3.63) is 90.5 Å². The lowest BCUT2D eigenvalue weighted by atomic mass is 10.1. The Labute approximate surface area is 180 Å². The molecule has 0 aliphatic carbocycles. The highest BCUT2D eigenvalue weighted by atomic mass is 32.2. The molecule has 3 aromatic heterocycles. The van der Waals surface area contributed by atoms with E-state index in [-0.39, 0.29) is 11.7 Å². The predicted molar refractivity (Wildman–Crippen MR) is 120 cm³/mol. The molecule has 0 spiro atoms. The molecule has 0 unspecified atom stereocenters. The van der Waals surface area contributed by atoms with Crippen LogP contribution in [-0.2, 0) is 0 Å². The van der Waals surface area contributed by atoms with Gasteiger partial charge in [-0.2, -0.15) is 0 Å². The maximum absolute atomic E-state index is 12.5. The van der Waals surface area contributed by atoms with Crippen molar-refractivity contribution >= 4 is 44.9 Å². The second kappa shape index (κ2) is 8.14. The minimum atomic E-state index is -0.290. The summed E-state index contributed by atoms with van der Waals surface area (Å²) in [6.45, 7) is 0. The number of para-hydroxylation sites is 1. The van der Waals surface area contributed by atoms with Gasteiger partial charge in [-0.15, -0.1) is 11.3 Å². The molecule has 0 bridgehead atoms. The molecule has 0 aliphatic rings. The zero-order valence-electron chi connectivity index (χ0n) is 15.6. The minimum Gasteiger partial charge on any atom is -0.459 e. The summed E-state index contributed by atoms with van der Waals surface area (Å²) in [6, 6.07) is 21.2. The molecule has 5 nitrogen and oxygen atoms in total. The first kappa shape index (κ1) is 18.6. The van der Waals surface area contributed by atoms with Gasteiger partial charge in [-0.25, -0.2) is 9.97 Å². The van der Waals surface area contributed by atoms with Crippen LogP contribution in [0.25, 0.3) is 21.3 Å². The number of aromatic nitrogens is 2. The monoisotopic (exact) mass is 429 g/mol. The Balaban J connectivity index is 1.53. The third-order valence-corrected chi connectivity index (χ3v) is 6.47. The average molecular weight is 430 g/mol. The van der Waals surface area contributed by atoms with Crippen LogP contribution in [0, 0.1) is 0 Å². The van der Waals surface area contributed by atoms with E-state index in [1.807, 2.05) is 42.5 Å². The maximum Gasteiger partial charge on any atom is 0.291 e. The van der Waals surface area contributed by atoms with Gasteiger partial charge in [0.1, 0.15) is 16.2 Å². The smallest absolute Gasteiger partial charge is 0.291 e. The van der Waals surface area contributed by atoms with Crippen LogP contribution in [0.5, 0.6) is 0 Å². The van der Waals surface area contributed by atoms with Crippen LogP contribution in [0.15, 0.2) is 99.0 Å². The number of carbonyl (C=O) groups excluding carboxylic acids is 1. The Morgan fingerprint density at radius 3 is 2.63 bits per heavy atom. The van der Waals surface area contributed by atoms with Gasteiger partial charge in [0.05, 0.1) is 17.3 Å². The van der Waals surface area contributed by atoms with E-state index in [0.717, 1.165) is 31.3 Å². The van der Waals surface area contributed by atoms with Crippen molar-refractivity contribution in [3.63, 3.8) is 0 Å². The van der Waals surface area contributed by atoms with Gasteiger partial charge >= 0.3 is 0 Å². The zero-order chi connectivity index (χ0) is 20.3. The number of carbonyl (C=O) groups is 1. The molecule has 5 aromatic rings. The van der Waals surface area contributed by atoms with Gasteiger partial charge in [-0.05, 0) is 29.8 Å². The van der Waals surface area contributed by atoms with Crippen molar-refractivity contribution < 1.29 is 9.21 Å². The molecular weight excluding hydrogens is 414 g/mol. The summed E-state index contributed by atoms with van der Waals surface area (Å²) in [5, 5.41) is 6.91. The van der Waals surface area contributed by atoms with Crippen LogP contribution in [0.4, 0.5) is 5.69 Å². The Morgan fingerprint density at radius 2 is 1.80 bits per heavy atom. The number of nitrogens with zero attached hydrogens (tertiary/aromatic N) is 2. The molecule has 0 fully saturated rings. The zero-order valence-corrected chi connectivity index (χ0v) is 17.2. The highest BCUT2D eigenvalue weighted by Gasteiger charge is 2.17. The molecule has 0 radical (unpaired) electrons. The first-order valence-corrected chi connectivity index (χ1v) is 10.9. The van der Waals surface area contributed by atoms with E-state index in [4.69, 9.17) is 4.42 Å². The van der Waals surface area contributed by atoms with E-state index in [0.29, 0.717) is 5.69 Å². The van der Waals surface area contributed by atoms with Gasteiger partial charge < -0.3 is 9.73 Å². The number of hydrogen-bond acceptors (Lipinski definition) is 6. The summed E-state index contributed by atoms with van der Waals surface area (Å²) in [6.07, 6.45) is 3.06. The molecule has 1 amide bonds. The topological polar surface area (TPSA) is 68.0 Å². The van der Waals surface area contributed by atoms with Gasteiger partial charge in [0.15, 0.2) is 5.76 Å². The molecule has 0 saturated heterocycles. The number of hydrogen-bond donors (Lipinski definition) is 1. The van der Waals surface area contributed by atoms with Crippen LogP contribution in [0.1, 0.15) is 10.6 Å². The van der Waals surface area contributed by atoms with Crippen molar-refractivity contribution in [1.82, 2.24) is 9.97 Å². The van der Waals surface area contributed by atoms with Gasteiger partial charge in [-0.1, -0.05) is 54.2 Å². The number of fused-ring (bicyclic) bond motifs is 1. The predicted octanol–water partition coefficient (Wildman–Crippen LogP) is 6.35. The Bertz CT molecular complexity index is 1320. The van der Waals surface area contributed by atoms with Crippen LogP contribution in [0.3, 0.4) is 0 Å². The Morgan fingerprint density at radius 1 is 0.967 bits per heavy atom. The fourth-order valence-electron chi connectivity index (χ4n) is 3.11. The van der Waals surface area contributed by atoms with Gasteiger partial charge in [0.25, 0.3) is 5.91 Å². The van der Waals surface area contributed by atoms with Crippen LogP contribution in [-0.4, -0.2) is 15.9 Å². The summed E-state index contributed by atoms with van der Waals surface area (Å²) in [4.78, 5) is 23.3. The number of amides is 1. The molecule has 7 heteroatoms. The van der Waals surface area contributed by atoms with Gasteiger partial charge in [-0.3, -0.25) is 4.79 Å². The largest absolute Gasteiger partial charge is 0.459 e. The van der Waals surface area contributed by atoms with Crippen molar-refractivity contribution in [2.75, 3.05) is 5.32 Å². The molecule has 0 atom stereocenters. The first-order chi connectivity index (χ1) is 14.8. The molecule has 1 N–H and O–H groups in total. The van der Waals surface area contributed by atoms with Crippen molar-refractivity contribution in [1.29, 1.82) is 0 Å². The van der Waals surface area contributed by atoms with Crippen LogP contribution >= 0.6 is 23.1 Å². The van der Waals surface area contributed by atoms with E-state index in [1.54, 1.807) is 29.8 Å². The highest BCUT2D eigenvalue weighted by Crippen LogP contribution is 2.41. The number of anilines is 1. The quantitative estimate of drug-likeness (QED) is 0.330. The second-order valence-corrected chi connectivity index (χ2v) is 8.29. The Hall–Kier alpha value is -3.42. The van der Waals surface area contributed by atoms with Crippen LogP contribution < -0.4 is 5.32 Å². The molecule has 2 aromatic carbocycles. The molecule has 146 valence electrons. The lowest BCUT2D eigenvalue weighted by molar-refractivity contribution is 0.0996. The van der Waals surface area contributed by atoms with Crippen molar-refractivity contribution in [3.8, 4) is 11.1 Å². The van der Waals surface area contributed by atoms with Crippen molar-refractivity contribution in [2.24, 2.45) is 0 Å². The Kier molecular flexibility index (Phi) is 5.04. The lowest BCUT2D eigenvalue weighted by Gasteiger charge is -2.10. The lowest BCUT2D eigenvalue weighted by Crippen LogP contribution is -2.11. The highest BCUT2D eigenvalue weighted by molar-refractivity contribution is 7.99. The maximum atomic E-state index is 12.5. The van der Waals surface area contributed by atoms with E-state index in [9.17, 15) is 4.79 Å². The summed E-state index contributed by atoms with van der Waals surface area (Å²) < 4.78 is 5.20. The normalized spacial score (nSPS) is 10.9. The summed E-state index contributed by atoms with van der Waals surface area (Å²) in [5.74, 6) is -0.0233. The van der Waals surface area contributed by atoms with Gasteiger partial charge in [0, 0.05) is 15.8 Å². The molecular formula is C23H15N3O2S2. The first-order valence-electron chi connectivity index (χ1n) is 9.19. The number of furan rings is 1. The number of benzene rings is 2. The summed E-state index contributed by atoms with van der Waals surface area (Å²) in [7, 11) is 0. The summed E-state index contributed by atoms with van der Waals surface area (Å²) >= 11 is 3.11. The molecule has 3 heterocycles. The molecule has 0 aliphatic heterocycles.